The number of benzene rings is 1. The highest BCUT2D eigenvalue weighted by atomic mass is 79.9. The van der Waals surface area contributed by atoms with E-state index in [-0.39, 0.29) is 0 Å². The molecule has 0 radical (unpaired) electrons. The smallest absolute Gasteiger partial charge is 0.0366 e. The molecule has 0 spiro atoms. The highest BCUT2D eigenvalue weighted by molar-refractivity contribution is 9.10. The largest absolute Gasteiger partial charge is 0.371 e. The van der Waals surface area contributed by atoms with Crippen LogP contribution >= 0.6 is 15.9 Å². The third-order valence-electron chi connectivity index (χ3n) is 3.39. The number of hydrogen-bond acceptors (Lipinski definition) is 2. The molecule has 0 atom stereocenters. The minimum absolute atomic E-state index is 0.756. The predicted molar refractivity (Wildman–Crippen MR) is 73.1 cm³/mol. The number of piperidine rings is 1. The monoisotopic (exact) mass is 282 g/mol. The zero-order valence-corrected chi connectivity index (χ0v) is 11.6. The maximum atomic E-state index is 3.47. The number of rotatable bonds is 2. The van der Waals surface area contributed by atoms with E-state index >= 15 is 0 Å². The fourth-order valence-electron chi connectivity index (χ4n) is 2.29. The molecule has 1 aromatic rings. The van der Waals surface area contributed by atoms with Crippen molar-refractivity contribution in [2.45, 2.75) is 18.9 Å². The van der Waals surface area contributed by atoms with Crippen molar-refractivity contribution in [2.75, 3.05) is 32.1 Å². The highest BCUT2D eigenvalue weighted by Gasteiger charge is 2.20. The second kappa shape index (κ2) is 5.19. The van der Waals surface area contributed by atoms with Crippen LogP contribution in [-0.4, -0.2) is 38.1 Å². The van der Waals surface area contributed by atoms with Crippen LogP contribution in [-0.2, 0) is 0 Å². The summed E-state index contributed by atoms with van der Waals surface area (Å²) >= 11 is 3.47. The van der Waals surface area contributed by atoms with Gasteiger partial charge in [0.1, 0.15) is 0 Å². The molecule has 0 unspecified atom stereocenters. The molecule has 0 aromatic heterocycles. The Balaban J connectivity index is 1.96. The van der Waals surface area contributed by atoms with Crippen molar-refractivity contribution < 1.29 is 0 Å². The average Bonchev–Trinajstić information content (AvgIpc) is 2.30. The Hall–Kier alpha value is -0.540. The second-order valence-corrected chi connectivity index (χ2v) is 5.57. The number of hydrogen-bond donors (Lipinski definition) is 0. The summed E-state index contributed by atoms with van der Waals surface area (Å²) in [7, 11) is 4.36. The summed E-state index contributed by atoms with van der Waals surface area (Å²) < 4.78 is 1.15. The molecule has 0 saturated carbocycles. The van der Waals surface area contributed by atoms with Gasteiger partial charge in [0.25, 0.3) is 0 Å². The van der Waals surface area contributed by atoms with Crippen LogP contribution in [0.3, 0.4) is 0 Å². The van der Waals surface area contributed by atoms with Gasteiger partial charge in [0.15, 0.2) is 0 Å². The van der Waals surface area contributed by atoms with Gasteiger partial charge in [-0.3, -0.25) is 0 Å². The van der Waals surface area contributed by atoms with E-state index in [2.05, 4.69) is 64.1 Å². The summed E-state index contributed by atoms with van der Waals surface area (Å²) in [4.78, 5) is 4.82. The Bertz CT molecular complexity index is 326. The van der Waals surface area contributed by atoms with Crippen LogP contribution in [0.1, 0.15) is 12.8 Å². The third-order valence-corrected chi connectivity index (χ3v) is 3.92. The predicted octanol–water partition coefficient (Wildman–Crippen LogP) is 2.98. The molecule has 2 rings (SSSR count). The van der Waals surface area contributed by atoms with Crippen LogP contribution in [0.5, 0.6) is 0 Å². The Morgan fingerprint density at radius 2 is 1.69 bits per heavy atom. The van der Waals surface area contributed by atoms with Gasteiger partial charge in [0, 0.05) is 29.3 Å². The van der Waals surface area contributed by atoms with E-state index < -0.39 is 0 Å². The standard InChI is InChI=1S/C13H19BrN2/c1-15(2)12-7-9-16(10-8-12)13-5-3-11(14)4-6-13/h3-6,12H,7-10H2,1-2H3. The van der Waals surface area contributed by atoms with Crippen LogP contribution in [0.15, 0.2) is 28.7 Å². The number of nitrogens with zero attached hydrogens (tertiary/aromatic N) is 2. The molecule has 3 heteroatoms. The van der Waals surface area contributed by atoms with Crippen LogP contribution < -0.4 is 4.90 Å². The van der Waals surface area contributed by atoms with Crippen LogP contribution in [0.2, 0.25) is 0 Å². The van der Waals surface area contributed by atoms with Crippen molar-refractivity contribution in [3.63, 3.8) is 0 Å². The molecule has 1 aliphatic heterocycles. The van der Waals surface area contributed by atoms with Crippen molar-refractivity contribution in [3.8, 4) is 0 Å². The highest BCUT2D eigenvalue weighted by Crippen LogP contribution is 2.23. The van der Waals surface area contributed by atoms with E-state index in [9.17, 15) is 0 Å². The van der Waals surface area contributed by atoms with Gasteiger partial charge in [-0.05, 0) is 51.2 Å². The lowest BCUT2D eigenvalue weighted by Gasteiger charge is -2.36. The molecule has 1 fully saturated rings. The summed E-state index contributed by atoms with van der Waals surface area (Å²) in [5, 5.41) is 0. The molecule has 1 heterocycles. The molecule has 16 heavy (non-hydrogen) atoms. The van der Waals surface area contributed by atoms with Crippen LogP contribution in [0.25, 0.3) is 0 Å². The zero-order chi connectivity index (χ0) is 11.5. The molecule has 1 aliphatic rings. The molecule has 1 saturated heterocycles. The van der Waals surface area contributed by atoms with E-state index in [4.69, 9.17) is 0 Å². The zero-order valence-electron chi connectivity index (χ0n) is 9.99. The van der Waals surface area contributed by atoms with Gasteiger partial charge < -0.3 is 9.80 Å². The SMILES string of the molecule is CN(C)C1CCN(c2ccc(Br)cc2)CC1. The Labute approximate surface area is 106 Å². The first-order valence-corrected chi connectivity index (χ1v) is 6.63. The first kappa shape index (κ1) is 11.9. The van der Waals surface area contributed by atoms with E-state index in [1.807, 2.05) is 0 Å². The quantitative estimate of drug-likeness (QED) is 0.823. The molecule has 0 aliphatic carbocycles. The van der Waals surface area contributed by atoms with Crippen molar-refractivity contribution >= 4 is 21.6 Å². The summed E-state index contributed by atoms with van der Waals surface area (Å²) in [6.07, 6.45) is 2.53. The van der Waals surface area contributed by atoms with E-state index in [0.29, 0.717) is 0 Å². The Morgan fingerprint density at radius 3 is 2.19 bits per heavy atom. The van der Waals surface area contributed by atoms with Gasteiger partial charge in [-0.25, -0.2) is 0 Å². The average molecular weight is 283 g/mol. The van der Waals surface area contributed by atoms with Crippen LogP contribution in [0.4, 0.5) is 5.69 Å². The van der Waals surface area contributed by atoms with E-state index in [1.54, 1.807) is 0 Å². The minimum Gasteiger partial charge on any atom is -0.371 e. The molecule has 1 aromatic carbocycles. The lowest BCUT2D eigenvalue weighted by Crippen LogP contribution is -2.41. The summed E-state index contributed by atoms with van der Waals surface area (Å²) in [6.45, 7) is 2.34. The summed E-state index contributed by atoms with van der Waals surface area (Å²) in [5.41, 5.74) is 1.35. The molecule has 0 amide bonds. The molecule has 88 valence electrons. The maximum absolute atomic E-state index is 3.47. The van der Waals surface area contributed by atoms with Gasteiger partial charge in [-0.15, -0.1) is 0 Å². The normalized spacial score (nSPS) is 18.1. The van der Waals surface area contributed by atoms with Crippen molar-refractivity contribution in [1.82, 2.24) is 4.90 Å². The van der Waals surface area contributed by atoms with Gasteiger partial charge in [-0.1, -0.05) is 15.9 Å². The number of anilines is 1. The van der Waals surface area contributed by atoms with Crippen LogP contribution in [0, 0.1) is 0 Å². The molecular formula is C13H19BrN2. The lowest BCUT2D eigenvalue weighted by molar-refractivity contribution is 0.249. The Kier molecular flexibility index (Phi) is 3.87. The maximum Gasteiger partial charge on any atom is 0.0366 e. The number of halogens is 1. The second-order valence-electron chi connectivity index (χ2n) is 4.66. The summed E-state index contributed by atoms with van der Waals surface area (Å²) in [6, 6.07) is 9.38. The minimum atomic E-state index is 0.756. The van der Waals surface area contributed by atoms with Crippen molar-refractivity contribution in [3.05, 3.63) is 28.7 Å². The van der Waals surface area contributed by atoms with Gasteiger partial charge in [0.05, 0.1) is 0 Å². The van der Waals surface area contributed by atoms with Gasteiger partial charge in [-0.2, -0.15) is 0 Å². The van der Waals surface area contributed by atoms with Gasteiger partial charge >= 0.3 is 0 Å². The molecule has 0 N–H and O–H groups in total. The molecule has 0 bridgehead atoms. The fourth-order valence-corrected chi connectivity index (χ4v) is 2.56. The molecule has 2 nitrogen and oxygen atoms in total. The van der Waals surface area contributed by atoms with Crippen molar-refractivity contribution in [1.29, 1.82) is 0 Å². The fraction of sp³-hybridized carbons (Fsp3) is 0.538. The van der Waals surface area contributed by atoms with E-state index in [0.717, 1.165) is 10.5 Å². The first-order valence-electron chi connectivity index (χ1n) is 5.84. The Morgan fingerprint density at radius 1 is 1.12 bits per heavy atom. The van der Waals surface area contributed by atoms with E-state index in [1.165, 1.54) is 31.6 Å². The first-order chi connectivity index (χ1) is 7.66. The lowest BCUT2D eigenvalue weighted by atomic mass is 10.0. The van der Waals surface area contributed by atoms with Crippen molar-refractivity contribution in [2.24, 2.45) is 0 Å². The topological polar surface area (TPSA) is 6.48 Å². The van der Waals surface area contributed by atoms with Gasteiger partial charge in [0.2, 0.25) is 0 Å². The molecular weight excluding hydrogens is 264 g/mol. The summed E-state index contributed by atoms with van der Waals surface area (Å²) in [5.74, 6) is 0. The third kappa shape index (κ3) is 2.77.